The normalized spacial score (nSPS) is 16.7. The number of carbonyl (C=O) groups is 3. The molecule has 7 heteroatoms. The van der Waals surface area contributed by atoms with Gasteiger partial charge in [0.2, 0.25) is 0 Å². The molecule has 0 saturated carbocycles. The minimum atomic E-state index is -0.610. The molecule has 2 aliphatic rings. The van der Waals surface area contributed by atoms with Gasteiger partial charge in [-0.25, -0.2) is 9.59 Å². The van der Waals surface area contributed by atoms with Crippen molar-refractivity contribution in [2.24, 2.45) is 0 Å². The first-order chi connectivity index (χ1) is 11.1. The van der Waals surface area contributed by atoms with Crippen molar-refractivity contribution in [3.05, 3.63) is 55.0 Å². The number of hydrogen-bond acceptors (Lipinski definition) is 7. The molecule has 0 radical (unpaired) electrons. The van der Waals surface area contributed by atoms with Gasteiger partial charge in [-0.3, -0.25) is 4.79 Å². The fourth-order valence-electron chi connectivity index (χ4n) is 2.37. The monoisotopic (exact) mass is 348 g/mol. The number of thioether (sulfide) groups is 2. The van der Waals surface area contributed by atoms with Gasteiger partial charge in [0.1, 0.15) is 9.81 Å². The number of allylic oxidation sites excluding steroid dienone is 1. The molecule has 0 N–H and O–H groups in total. The van der Waals surface area contributed by atoms with E-state index in [9.17, 15) is 14.4 Å². The highest BCUT2D eigenvalue weighted by Gasteiger charge is 2.37. The predicted octanol–water partition coefficient (Wildman–Crippen LogP) is 2.67. The summed E-state index contributed by atoms with van der Waals surface area (Å²) in [5.74, 6) is -1.28. The summed E-state index contributed by atoms with van der Waals surface area (Å²) < 4.78 is 10.1. The number of methoxy groups -OCH3 is 2. The summed E-state index contributed by atoms with van der Waals surface area (Å²) in [5.41, 5.74) is 2.22. The summed E-state index contributed by atoms with van der Waals surface area (Å²) >= 11 is 2.19. The summed E-state index contributed by atoms with van der Waals surface area (Å²) in [6.07, 6.45) is 0.493. The van der Waals surface area contributed by atoms with Gasteiger partial charge in [-0.1, -0.05) is 47.8 Å². The smallest absolute Gasteiger partial charge is 0.346 e. The zero-order chi connectivity index (χ0) is 16.6. The lowest BCUT2D eigenvalue weighted by Crippen LogP contribution is -2.08. The topological polar surface area (TPSA) is 69.7 Å². The van der Waals surface area contributed by atoms with Crippen molar-refractivity contribution < 1.29 is 23.9 Å². The Morgan fingerprint density at radius 3 is 2.09 bits per heavy atom. The molecule has 1 aliphatic heterocycles. The van der Waals surface area contributed by atoms with Gasteiger partial charge in [-0.2, -0.15) is 0 Å². The van der Waals surface area contributed by atoms with Crippen LogP contribution < -0.4 is 0 Å². The Balaban J connectivity index is 1.98. The number of ketones is 1. The lowest BCUT2D eigenvalue weighted by atomic mass is 10.1. The minimum Gasteiger partial charge on any atom is -0.465 e. The maximum Gasteiger partial charge on any atom is 0.346 e. The molecule has 3 rings (SSSR count). The molecule has 0 saturated heterocycles. The molecular weight excluding hydrogens is 336 g/mol. The van der Waals surface area contributed by atoms with Crippen molar-refractivity contribution in [1.29, 1.82) is 0 Å². The first-order valence-electron chi connectivity index (χ1n) is 6.69. The van der Waals surface area contributed by atoms with E-state index < -0.39 is 11.9 Å². The molecule has 0 bridgehead atoms. The number of hydrogen-bond donors (Lipinski definition) is 0. The molecule has 0 aromatic heterocycles. The lowest BCUT2D eigenvalue weighted by Gasteiger charge is -2.01. The Hall–Kier alpha value is -1.99. The first-order valence-corrected chi connectivity index (χ1v) is 8.32. The Morgan fingerprint density at radius 2 is 1.57 bits per heavy atom. The molecule has 1 aromatic rings. The van der Waals surface area contributed by atoms with Crippen LogP contribution in [0.25, 0.3) is 0 Å². The number of benzene rings is 1. The van der Waals surface area contributed by atoms with Crippen molar-refractivity contribution in [2.75, 3.05) is 14.2 Å². The standard InChI is InChI=1S/C16H12O5S2/c1-20-14(18)12-13(15(19)21-2)23-16(22-12)10-7-8-5-3-4-6-9(8)11(10)17/h3-6H,7H2,1-2H3. The van der Waals surface area contributed by atoms with Crippen LogP contribution in [-0.2, 0) is 25.5 Å². The van der Waals surface area contributed by atoms with Gasteiger partial charge in [-0.05, 0) is 5.56 Å². The van der Waals surface area contributed by atoms with E-state index in [4.69, 9.17) is 9.47 Å². The summed E-state index contributed by atoms with van der Waals surface area (Å²) in [6.45, 7) is 0. The van der Waals surface area contributed by atoms with Gasteiger partial charge in [0.05, 0.1) is 18.5 Å². The van der Waals surface area contributed by atoms with E-state index in [0.29, 0.717) is 21.8 Å². The molecule has 0 unspecified atom stereocenters. The Kier molecular flexibility index (Phi) is 4.32. The second-order valence-electron chi connectivity index (χ2n) is 4.77. The third-order valence-electron chi connectivity index (χ3n) is 3.49. The maximum atomic E-state index is 12.5. The molecule has 5 nitrogen and oxygen atoms in total. The van der Waals surface area contributed by atoms with Gasteiger partial charge in [0.25, 0.3) is 0 Å². The molecule has 0 spiro atoms. The molecule has 118 valence electrons. The van der Waals surface area contributed by atoms with Crippen LogP contribution in [0.4, 0.5) is 0 Å². The zero-order valence-corrected chi connectivity index (χ0v) is 14.0. The maximum absolute atomic E-state index is 12.5. The fourth-order valence-corrected chi connectivity index (χ4v) is 4.92. The molecule has 0 fully saturated rings. The number of rotatable bonds is 2. The Labute approximate surface area is 141 Å². The van der Waals surface area contributed by atoms with E-state index in [1.54, 1.807) is 6.07 Å². The summed E-state index contributed by atoms with van der Waals surface area (Å²) in [4.78, 5) is 36.6. The first kappa shape index (κ1) is 15.9. The molecule has 1 heterocycles. The van der Waals surface area contributed by atoms with E-state index in [1.807, 2.05) is 18.2 Å². The largest absolute Gasteiger partial charge is 0.465 e. The van der Waals surface area contributed by atoms with E-state index in [0.717, 1.165) is 29.1 Å². The predicted molar refractivity (Wildman–Crippen MR) is 87.7 cm³/mol. The van der Waals surface area contributed by atoms with Gasteiger partial charge >= 0.3 is 11.9 Å². The minimum absolute atomic E-state index is 0.0640. The van der Waals surface area contributed by atoms with Crippen molar-refractivity contribution in [3.63, 3.8) is 0 Å². The molecule has 23 heavy (non-hydrogen) atoms. The number of ether oxygens (including phenoxy) is 2. The van der Waals surface area contributed by atoms with Crippen LogP contribution in [0.3, 0.4) is 0 Å². The van der Waals surface area contributed by atoms with E-state index >= 15 is 0 Å². The van der Waals surface area contributed by atoms with E-state index in [1.165, 1.54) is 14.2 Å². The number of carbonyl (C=O) groups excluding carboxylic acids is 3. The molecule has 1 aromatic carbocycles. The Morgan fingerprint density at radius 1 is 1.00 bits per heavy atom. The quantitative estimate of drug-likeness (QED) is 0.601. The zero-order valence-electron chi connectivity index (χ0n) is 12.4. The second-order valence-corrected chi connectivity index (χ2v) is 7.07. The van der Waals surface area contributed by atoms with Crippen LogP contribution in [0.1, 0.15) is 15.9 Å². The highest BCUT2D eigenvalue weighted by Crippen LogP contribution is 2.52. The van der Waals surface area contributed by atoms with Gasteiger partial charge < -0.3 is 9.47 Å². The molecular formula is C16H12O5S2. The average molecular weight is 348 g/mol. The third kappa shape index (κ3) is 2.70. The summed E-state index contributed by atoms with van der Waals surface area (Å²) in [6, 6.07) is 7.39. The third-order valence-corrected chi connectivity index (χ3v) is 6.13. The van der Waals surface area contributed by atoms with Gasteiger partial charge in [0.15, 0.2) is 5.78 Å². The van der Waals surface area contributed by atoms with Crippen LogP contribution in [0.15, 0.2) is 43.9 Å². The van der Waals surface area contributed by atoms with E-state index in [-0.39, 0.29) is 15.6 Å². The van der Waals surface area contributed by atoms with Crippen LogP contribution in [0, 0.1) is 0 Å². The van der Waals surface area contributed by atoms with Gasteiger partial charge in [-0.15, -0.1) is 0 Å². The number of esters is 2. The van der Waals surface area contributed by atoms with Crippen LogP contribution in [0.2, 0.25) is 0 Å². The molecule has 0 atom stereocenters. The van der Waals surface area contributed by atoms with Gasteiger partial charge in [0, 0.05) is 17.6 Å². The number of Topliss-reactive ketones (excluding diaryl/α,β-unsaturated/α-hetero) is 1. The van der Waals surface area contributed by atoms with E-state index in [2.05, 4.69) is 0 Å². The Bertz CT molecular complexity index is 761. The highest BCUT2D eigenvalue weighted by atomic mass is 32.2. The van der Waals surface area contributed by atoms with Crippen LogP contribution in [0.5, 0.6) is 0 Å². The number of fused-ring (bicyclic) bond motifs is 1. The lowest BCUT2D eigenvalue weighted by molar-refractivity contribution is -0.138. The average Bonchev–Trinajstić information content (AvgIpc) is 3.15. The van der Waals surface area contributed by atoms with Crippen molar-refractivity contribution in [3.8, 4) is 0 Å². The summed E-state index contributed by atoms with van der Waals surface area (Å²) in [5, 5.41) is 0. The summed E-state index contributed by atoms with van der Waals surface area (Å²) in [7, 11) is 2.49. The van der Waals surface area contributed by atoms with Crippen LogP contribution in [-0.4, -0.2) is 31.9 Å². The fraction of sp³-hybridized carbons (Fsp3) is 0.188. The van der Waals surface area contributed by atoms with Crippen molar-refractivity contribution in [2.45, 2.75) is 6.42 Å². The SMILES string of the molecule is COC(=O)C1=C(C(=O)OC)SC(=C2Cc3ccccc3C2=O)S1. The van der Waals surface area contributed by atoms with Crippen molar-refractivity contribution in [1.82, 2.24) is 0 Å². The molecule has 0 amide bonds. The van der Waals surface area contributed by atoms with Crippen LogP contribution >= 0.6 is 23.5 Å². The second kappa shape index (κ2) is 6.25. The van der Waals surface area contributed by atoms with Crippen molar-refractivity contribution >= 4 is 41.2 Å². The molecule has 1 aliphatic carbocycles. The highest BCUT2D eigenvalue weighted by molar-refractivity contribution is 8.29.